The minimum atomic E-state index is -2.10. The van der Waals surface area contributed by atoms with E-state index in [4.69, 9.17) is 33.1 Å². The maximum absolute atomic E-state index is 15.7. The average molecular weight is 766 g/mol. The van der Waals surface area contributed by atoms with Gasteiger partial charge in [-0.2, -0.15) is 0 Å². The van der Waals surface area contributed by atoms with Crippen LogP contribution in [0.3, 0.4) is 0 Å². The molecule has 0 amide bonds. The third kappa shape index (κ3) is 8.15. The first-order valence-corrected chi connectivity index (χ1v) is 26.0. The van der Waals surface area contributed by atoms with Crippen molar-refractivity contribution >= 4 is 43.9 Å². The second kappa shape index (κ2) is 14.9. The fourth-order valence-electron chi connectivity index (χ4n) is 6.49. The van der Waals surface area contributed by atoms with Gasteiger partial charge in [-0.1, -0.05) is 40.4 Å². The minimum absolute atomic E-state index is 0.0264. The summed E-state index contributed by atoms with van der Waals surface area (Å²) in [6.07, 6.45) is 0.116. The molecular weight excluding hydrogens is 713 g/mol. The van der Waals surface area contributed by atoms with Crippen molar-refractivity contribution < 1.29 is 41.1 Å². The number of anilines is 1. The normalized spacial score (nSPS) is 23.6. The molecule has 1 aromatic carbocycles. The van der Waals surface area contributed by atoms with Crippen molar-refractivity contribution in [3.05, 3.63) is 35.9 Å². The van der Waals surface area contributed by atoms with Gasteiger partial charge in [0.05, 0.1) is 60.1 Å². The lowest BCUT2D eigenvalue weighted by Crippen LogP contribution is -2.47. The van der Waals surface area contributed by atoms with Crippen LogP contribution in [-0.2, 0) is 40.9 Å². The number of halogens is 2. The van der Waals surface area contributed by atoms with E-state index in [0.717, 1.165) is 6.04 Å². The second-order valence-corrected chi connectivity index (χ2v) is 28.2. The number of fused-ring (bicyclic) bond motifs is 2. The van der Waals surface area contributed by atoms with Crippen LogP contribution in [0, 0.1) is 11.6 Å². The molecular formula is C36H53F2N3O7SSi2. The lowest BCUT2D eigenvalue weighted by Gasteiger charge is -2.39. The van der Waals surface area contributed by atoms with Crippen LogP contribution in [0.2, 0.25) is 43.8 Å². The largest absolute Gasteiger partial charge is 0.469 e. The smallest absolute Gasteiger partial charge is 0.215 e. The van der Waals surface area contributed by atoms with Gasteiger partial charge in [-0.15, -0.1) is 0 Å². The van der Waals surface area contributed by atoms with E-state index in [1.807, 2.05) is 9.47 Å². The summed E-state index contributed by atoms with van der Waals surface area (Å²) in [5.41, 5.74) is 1.21. The maximum atomic E-state index is 15.7. The summed E-state index contributed by atoms with van der Waals surface area (Å²) in [4.78, 5) is 6.98. The van der Waals surface area contributed by atoms with E-state index in [2.05, 4.69) is 53.5 Å². The highest BCUT2D eigenvalue weighted by Gasteiger charge is 2.52. The molecule has 0 radical (unpaired) electrons. The van der Waals surface area contributed by atoms with E-state index in [0.29, 0.717) is 67.0 Å². The fourth-order valence-corrected chi connectivity index (χ4v) is 9.38. The molecule has 2 unspecified atom stereocenters. The first kappa shape index (κ1) is 38.5. The monoisotopic (exact) mass is 765 g/mol. The van der Waals surface area contributed by atoms with Gasteiger partial charge in [0.25, 0.3) is 0 Å². The Labute approximate surface area is 304 Å². The van der Waals surface area contributed by atoms with E-state index in [9.17, 15) is 4.21 Å². The highest BCUT2D eigenvalue weighted by Crippen LogP contribution is 2.42. The topological polar surface area (TPSA) is 93.5 Å². The molecule has 3 aromatic rings. The van der Waals surface area contributed by atoms with E-state index >= 15 is 8.78 Å². The van der Waals surface area contributed by atoms with Gasteiger partial charge in [0.15, 0.2) is 14.4 Å². The van der Waals surface area contributed by atoms with Crippen LogP contribution in [0.25, 0.3) is 22.3 Å². The summed E-state index contributed by atoms with van der Waals surface area (Å²) in [6, 6.07) is 6.95. The number of ether oxygens (including phenoxy) is 5. The molecule has 0 spiro atoms. The van der Waals surface area contributed by atoms with Crippen LogP contribution in [0.4, 0.5) is 14.5 Å². The van der Waals surface area contributed by atoms with E-state index in [1.165, 1.54) is 12.1 Å². The molecule has 282 valence electrons. The molecule has 51 heavy (non-hydrogen) atoms. The van der Waals surface area contributed by atoms with Crippen LogP contribution in [0.5, 0.6) is 5.88 Å². The average Bonchev–Trinajstić information content (AvgIpc) is 3.71. The van der Waals surface area contributed by atoms with Gasteiger partial charge >= 0.3 is 0 Å². The number of benzene rings is 1. The summed E-state index contributed by atoms with van der Waals surface area (Å²) in [5.74, 6) is -1.14. The summed E-state index contributed by atoms with van der Waals surface area (Å²) >= 11 is 0. The van der Waals surface area contributed by atoms with Crippen molar-refractivity contribution in [2.75, 3.05) is 57.3 Å². The molecule has 5 atom stereocenters. The molecule has 0 saturated carbocycles. The molecule has 3 aliphatic rings. The Morgan fingerprint density at radius 2 is 1.61 bits per heavy atom. The highest BCUT2D eigenvalue weighted by molar-refractivity contribution is 7.84. The van der Waals surface area contributed by atoms with Gasteiger partial charge in [-0.25, -0.2) is 13.8 Å². The summed E-state index contributed by atoms with van der Waals surface area (Å²) in [6.45, 7) is 21.3. The summed E-state index contributed by atoms with van der Waals surface area (Å²) in [7, 11) is -5.07. The molecule has 6 rings (SSSR count). The van der Waals surface area contributed by atoms with E-state index in [-0.39, 0.29) is 41.8 Å². The van der Waals surface area contributed by atoms with Gasteiger partial charge in [-0.3, -0.25) is 8.78 Å². The Morgan fingerprint density at radius 1 is 0.980 bits per heavy atom. The molecule has 10 nitrogen and oxygen atoms in total. The zero-order chi connectivity index (χ0) is 36.9. The third-order valence-corrected chi connectivity index (χ3v) is 17.6. The van der Waals surface area contributed by atoms with Crippen LogP contribution < -0.4 is 9.64 Å². The predicted octanol–water partition coefficient (Wildman–Crippen LogP) is 6.80. The van der Waals surface area contributed by atoms with E-state index < -0.39 is 51.0 Å². The Kier molecular flexibility index (Phi) is 11.2. The van der Waals surface area contributed by atoms with Gasteiger partial charge < -0.3 is 33.0 Å². The molecule has 0 bridgehead atoms. The Balaban J connectivity index is 1.35. The highest BCUT2D eigenvalue weighted by atomic mass is 32.2. The molecule has 3 aliphatic heterocycles. The molecule has 0 aliphatic carbocycles. The number of pyridine rings is 1. The Morgan fingerprint density at radius 3 is 2.22 bits per heavy atom. The number of aromatic nitrogens is 2. The van der Waals surface area contributed by atoms with Crippen LogP contribution >= 0.6 is 0 Å². The molecule has 5 heterocycles. The zero-order valence-electron chi connectivity index (χ0n) is 31.3. The number of hydrogen-bond acceptors (Lipinski definition) is 9. The second-order valence-electron chi connectivity index (χ2n) is 16.5. The van der Waals surface area contributed by atoms with Gasteiger partial charge in [0, 0.05) is 39.7 Å². The first-order chi connectivity index (χ1) is 23.9. The van der Waals surface area contributed by atoms with Crippen molar-refractivity contribution in [1.29, 1.82) is 0 Å². The standard InChI is InChI=1S/C36H53F2N3O7SSi2/c1-36(2,3)51(8,9)48-29-21-46-32-28(20-45-33(29)32)47-35-34(49(4)42)31-27(41(35)22-44-16-17-50(5,6)7)11-10-26(39-31)30-24(37)18-23(19-25(30)38)40-12-14-43-15-13-40/h10-11,18-19,28-29,32-33H,12-17,20-22H2,1-9H3/t28-,29?,32-,33-,49?/m1/s1. The quantitative estimate of drug-likeness (QED) is 0.146. The number of hydrogen-bond donors (Lipinski definition) is 0. The Hall–Kier alpha value is -2.25. The van der Waals surface area contributed by atoms with Crippen molar-refractivity contribution in [2.45, 2.75) is 101 Å². The number of nitrogens with zero attached hydrogens (tertiary/aromatic N) is 3. The zero-order valence-corrected chi connectivity index (χ0v) is 34.2. The maximum Gasteiger partial charge on any atom is 0.215 e. The lowest BCUT2D eigenvalue weighted by molar-refractivity contribution is 0.00757. The van der Waals surface area contributed by atoms with Crippen molar-refractivity contribution in [3.8, 4) is 17.1 Å². The van der Waals surface area contributed by atoms with E-state index in [1.54, 1.807) is 18.4 Å². The van der Waals surface area contributed by atoms with Gasteiger partial charge in [-0.05, 0) is 48.4 Å². The Bertz CT molecular complexity index is 1730. The van der Waals surface area contributed by atoms with Crippen molar-refractivity contribution in [2.24, 2.45) is 0 Å². The van der Waals surface area contributed by atoms with Crippen molar-refractivity contribution in [1.82, 2.24) is 9.55 Å². The third-order valence-electron chi connectivity index (χ3n) is 10.5. The lowest BCUT2D eigenvalue weighted by atomic mass is 10.1. The van der Waals surface area contributed by atoms with Gasteiger partial charge in [0.1, 0.15) is 41.0 Å². The first-order valence-electron chi connectivity index (χ1n) is 17.8. The van der Waals surface area contributed by atoms with Crippen LogP contribution in [0.15, 0.2) is 29.2 Å². The number of morpholine rings is 1. The van der Waals surface area contributed by atoms with Crippen LogP contribution in [0.1, 0.15) is 20.8 Å². The predicted molar refractivity (Wildman–Crippen MR) is 201 cm³/mol. The van der Waals surface area contributed by atoms with Gasteiger partial charge in [0.2, 0.25) is 5.88 Å². The molecule has 0 N–H and O–H groups in total. The molecule has 2 aromatic heterocycles. The van der Waals surface area contributed by atoms with Crippen molar-refractivity contribution in [3.63, 3.8) is 0 Å². The molecule has 15 heteroatoms. The number of rotatable bonds is 12. The summed E-state index contributed by atoms with van der Waals surface area (Å²) in [5, 5.41) is 0.0264. The SMILES string of the molecule is CS(=O)c1c(O[C@@H]2CO[C@@H]3C(O[Si](C)(C)C(C)(C)C)CO[C@@H]32)n(COCC[Si](C)(C)C)c2ccc(-c3c(F)cc(N4CCOCC4)cc3F)nc12. The molecule has 3 fully saturated rings. The van der Waals surface area contributed by atoms with Crippen LogP contribution in [-0.4, -0.2) is 107 Å². The minimum Gasteiger partial charge on any atom is -0.469 e. The fraction of sp³-hybridized carbons (Fsp3) is 0.639. The molecule has 3 saturated heterocycles. The summed E-state index contributed by atoms with van der Waals surface area (Å²) < 4.78 is 84.3.